The average Bonchev–Trinajstić information content (AvgIpc) is 3.61. The zero-order valence-corrected chi connectivity index (χ0v) is 31.9. The van der Waals surface area contributed by atoms with E-state index in [1.807, 2.05) is 5.32 Å². The van der Waals surface area contributed by atoms with E-state index in [0.717, 1.165) is 6.92 Å². The number of carbonyl (C=O) groups is 9. The summed E-state index contributed by atoms with van der Waals surface area (Å²) in [7, 11) is 0. The van der Waals surface area contributed by atoms with Crippen LogP contribution in [-0.4, -0.2) is 134 Å². The summed E-state index contributed by atoms with van der Waals surface area (Å²) in [5, 5.41) is 43.5. The molecule has 1 aromatic heterocycles. The minimum absolute atomic E-state index is 0.0632. The molecule has 56 heavy (non-hydrogen) atoms. The van der Waals surface area contributed by atoms with Gasteiger partial charge in [0.1, 0.15) is 36.3 Å². The number of carbonyl (C=O) groups excluding carboxylic acids is 8. The van der Waals surface area contributed by atoms with Gasteiger partial charge in [-0.15, -0.1) is 0 Å². The molecule has 8 atom stereocenters. The van der Waals surface area contributed by atoms with Crippen molar-refractivity contribution in [1.29, 1.82) is 0 Å². The van der Waals surface area contributed by atoms with Gasteiger partial charge < -0.3 is 69.4 Å². The molecule has 0 aliphatic carbocycles. The number of nitrogens with zero attached hydrogens (tertiary/aromatic N) is 1. The Balaban J connectivity index is 3.28. The van der Waals surface area contributed by atoms with Crippen LogP contribution in [0.5, 0.6) is 0 Å². The van der Waals surface area contributed by atoms with Crippen molar-refractivity contribution >= 4 is 53.2 Å². The Morgan fingerprint density at radius 1 is 0.714 bits per heavy atom. The van der Waals surface area contributed by atoms with Crippen LogP contribution in [-0.2, 0) is 49.6 Å². The summed E-state index contributed by atoms with van der Waals surface area (Å²) in [6, 6.07) is -10.4. The molecule has 16 N–H and O–H groups in total. The number of primary amides is 2. The van der Waals surface area contributed by atoms with Gasteiger partial charge in [0.05, 0.1) is 31.5 Å². The number of nitrogens with one attached hydrogen (secondary N) is 7. The molecule has 1 aromatic rings. The van der Waals surface area contributed by atoms with Crippen molar-refractivity contribution in [2.45, 2.75) is 115 Å². The van der Waals surface area contributed by atoms with Crippen LogP contribution in [0.15, 0.2) is 12.5 Å². The Morgan fingerprint density at radius 2 is 1.23 bits per heavy atom. The standard InChI is InChI=1S/C33H55N11O12/c1-14(2)8-19(40-31(53)25(15(3)4)43-27(49)18(34)6-7-23(35)47)28(50)39-20(9-17-11-37-13-38-17)29(51)44-26(16(5)46)32(54)42-22(12-45)30(52)41-21(33(55)56)10-24(36)48/h11,13-16,18-22,25-26,45-46H,6-10,12,34H2,1-5H3,(H2,35,47)(H2,36,48)(H,37,38)(H,39,50)(H,40,53)(H,41,52)(H,42,54)(H,43,49)(H,44,51)(H,55,56)/t16-,18+,19+,20+,21+,22+,25+,26+/m1/s1. The number of aromatic amines is 1. The summed E-state index contributed by atoms with van der Waals surface area (Å²) >= 11 is 0. The van der Waals surface area contributed by atoms with E-state index in [0.29, 0.717) is 5.69 Å². The number of aliphatic hydroxyl groups excluding tert-OH is 2. The molecule has 0 radical (unpaired) electrons. The molecule has 23 heteroatoms. The lowest BCUT2D eigenvalue weighted by Gasteiger charge is -2.29. The molecule has 0 fully saturated rings. The molecule has 1 rings (SSSR count). The lowest BCUT2D eigenvalue weighted by Crippen LogP contribution is -2.62. The summed E-state index contributed by atoms with van der Waals surface area (Å²) in [6.07, 6.45) is -0.159. The SMILES string of the molecule is CC(C)C[C@H](NC(=O)[C@@H](NC(=O)[C@@H](N)CCC(N)=O)C(C)C)C(=O)N[C@@H](Cc1cnc[nH]1)C(=O)N[C@H](C(=O)N[C@@H](CO)C(=O)N[C@@H](CC(N)=O)C(=O)O)[C@@H](C)O. The maximum Gasteiger partial charge on any atom is 0.326 e. The first kappa shape index (κ1) is 48.3. The van der Waals surface area contributed by atoms with Gasteiger partial charge in [0.2, 0.25) is 47.3 Å². The second-order valence-corrected chi connectivity index (χ2v) is 13.9. The van der Waals surface area contributed by atoms with Crippen LogP contribution in [0.1, 0.15) is 66.0 Å². The Kier molecular flexibility index (Phi) is 20.1. The van der Waals surface area contributed by atoms with Crippen LogP contribution < -0.4 is 49.1 Å². The van der Waals surface area contributed by atoms with Crippen molar-refractivity contribution in [3.63, 3.8) is 0 Å². The molecule has 23 nitrogen and oxygen atoms in total. The molecule has 0 aromatic carbocycles. The zero-order chi connectivity index (χ0) is 42.9. The summed E-state index contributed by atoms with van der Waals surface area (Å²) in [5.74, 6) is -9.76. The number of carboxylic acid groups (broad SMARTS) is 1. The van der Waals surface area contributed by atoms with Gasteiger partial charge in [-0.25, -0.2) is 9.78 Å². The number of H-pyrrole nitrogens is 1. The number of carboxylic acids is 1. The van der Waals surface area contributed by atoms with Crippen LogP contribution in [0.4, 0.5) is 0 Å². The number of hydrogen-bond donors (Lipinski definition) is 13. The molecule has 0 saturated heterocycles. The molecule has 0 bridgehead atoms. The molecule has 8 amide bonds. The van der Waals surface area contributed by atoms with Crippen molar-refractivity contribution < 1.29 is 58.5 Å². The van der Waals surface area contributed by atoms with Crippen LogP contribution in [0.25, 0.3) is 0 Å². The predicted octanol–water partition coefficient (Wildman–Crippen LogP) is -5.51. The topological polar surface area (TPSA) is 393 Å². The van der Waals surface area contributed by atoms with Crippen molar-refractivity contribution in [1.82, 2.24) is 41.9 Å². The third-order valence-corrected chi connectivity index (χ3v) is 8.14. The number of nitrogens with two attached hydrogens (primary N) is 3. The van der Waals surface area contributed by atoms with Gasteiger partial charge in [-0.1, -0.05) is 27.7 Å². The van der Waals surface area contributed by atoms with Crippen LogP contribution >= 0.6 is 0 Å². The predicted molar refractivity (Wildman–Crippen MR) is 195 cm³/mol. The second kappa shape index (κ2) is 23.3. The highest BCUT2D eigenvalue weighted by Crippen LogP contribution is 2.10. The Labute approximate surface area is 322 Å². The van der Waals surface area contributed by atoms with E-state index in [1.54, 1.807) is 27.7 Å². The van der Waals surface area contributed by atoms with Gasteiger partial charge in [0.25, 0.3) is 0 Å². The van der Waals surface area contributed by atoms with Crippen LogP contribution in [0.3, 0.4) is 0 Å². The van der Waals surface area contributed by atoms with E-state index in [4.69, 9.17) is 17.2 Å². The van der Waals surface area contributed by atoms with Crippen molar-refractivity contribution in [3.05, 3.63) is 18.2 Å². The smallest absolute Gasteiger partial charge is 0.326 e. The molecule has 0 unspecified atom stereocenters. The molecule has 0 saturated carbocycles. The summed E-state index contributed by atoms with van der Waals surface area (Å²) in [5.41, 5.74) is 16.4. The number of hydrogen-bond acceptors (Lipinski definition) is 13. The minimum atomic E-state index is -1.80. The van der Waals surface area contributed by atoms with Crippen LogP contribution in [0.2, 0.25) is 0 Å². The molecule has 314 valence electrons. The first-order chi connectivity index (χ1) is 26.1. The van der Waals surface area contributed by atoms with Crippen LogP contribution in [0, 0.1) is 11.8 Å². The fraction of sp³-hybridized carbons (Fsp3) is 0.636. The van der Waals surface area contributed by atoms with Gasteiger partial charge in [0, 0.05) is 24.7 Å². The van der Waals surface area contributed by atoms with Gasteiger partial charge in [-0.05, 0) is 31.6 Å². The highest BCUT2D eigenvalue weighted by Gasteiger charge is 2.36. The number of aromatic nitrogens is 2. The monoisotopic (exact) mass is 797 g/mol. The fourth-order valence-corrected chi connectivity index (χ4v) is 5.07. The number of rotatable bonds is 25. The molecular weight excluding hydrogens is 742 g/mol. The minimum Gasteiger partial charge on any atom is -0.480 e. The summed E-state index contributed by atoms with van der Waals surface area (Å²) in [4.78, 5) is 120. The number of aliphatic hydroxyl groups is 2. The van der Waals surface area contributed by atoms with Gasteiger partial charge in [0.15, 0.2) is 0 Å². The van der Waals surface area contributed by atoms with Crippen molar-refractivity contribution in [2.75, 3.05) is 6.61 Å². The molecule has 0 aliphatic rings. The van der Waals surface area contributed by atoms with E-state index in [-0.39, 0.29) is 31.6 Å². The van der Waals surface area contributed by atoms with E-state index < -0.39 is 121 Å². The van der Waals surface area contributed by atoms with Crippen molar-refractivity contribution in [3.8, 4) is 0 Å². The highest BCUT2D eigenvalue weighted by molar-refractivity contribution is 5.97. The maximum atomic E-state index is 13.8. The van der Waals surface area contributed by atoms with E-state index in [2.05, 4.69) is 36.6 Å². The van der Waals surface area contributed by atoms with Gasteiger partial charge in [-0.3, -0.25) is 38.4 Å². The lowest BCUT2D eigenvalue weighted by molar-refractivity contribution is -0.144. The first-order valence-corrected chi connectivity index (χ1v) is 17.7. The second-order valence-electron chi connectivity index (χ2n) is 13.9. The molecule has 0 aliphatic heterocycles. The molecular formula is C33H55N11O12. The van der Waals surface area contributed by atoms with Gasteiger partial charge in [-0.2, -0.15) is 0 Å². The van der Waals surface area contributed by atoms with E-state index in [9.17, 15) is 58.5 Å². The third-order valence-electron chi connectivity index (χ3n) is 8.14. The summed E-state index contributed by atoms with van der Waals surface area (Å²) in [6.45, 7) is 6.88. The Bertz CT molecular complexity index is 1540. The van der Waals surface area contributed by atoms with E-state index in [1.165, 1.54) is 12.5 Å². The lowest BCUT2D eigenvalue weighted by atomic mass is 9.99. The van der Waals surface area contributed by atoms with Crippen molar-refractivity contribution in [2.24, 2.45) is 29.0 Å². The van der Waals surface area contributed by atoms with E-state index >= 15 is 0 Å². The molecule has 0 spiro atoms. The maximum absolute atomic E-state index is 13.8. The largest absolute Gasteiger partial charge is 0.480 e. The molecule has 1 heterocycles. The third kappa shape index (κ3) is 16.8. The number of amides is 8. The number of imidazole rings is 1. The Morgan fingerprint density at radius 3 is 1.71 bits per heavy atom. The average molecular weight is 798 g/mol. The zero-order valence-electron chi connectivity index (χ0n) is 31.9. The fourth-order valence-electron chi connectivity index (χ4n) is 5.07. The first-order valence-electron chi connectivity index (χ1n) is 17.7. The highest BCUT2D eigenvalue weighted by atomic mass is 16.4. The normalized spacial score (nSPS) is 15.5. The number of aliphatic carboxylic acids is 1. The summed E-state index contributed by atoms with van der Waals surface area (Å²) < 4.78 is 0. The van der Waals surface area contributed by atoms with Gasteiger partial charge >= 0.3 is 5.97 Å². The Hall–Kier alpha value is -5.68. The quantitative estimate of drug-likeness (QED) is 0.0439.